The number of nitrogens with zero attached hydrogens (tertiary/aromatic N) is 2. The Hall–Kier alpha value is -0.830. The molecule has 2 saturated carbocycles. The van der Waals surface area contributed by atoms with Crippen molar-refractivity contribution < 1.29 is 0 Å². The summed E-state index contributed by atoms with van der Waals surface area (Å²) >= 11 is 0. The molecule has 2 aliphatic carbocycles. The van der Waals surface area contributed by atoms with E-state index in [2.05, 4.69) is 37.5 Å². The molecule has 2 bridgehead atoms. The highest BCUT2D eigenvalue weighted by Crippen LogP contribution is 2.50. The lowest BCUT2D eigenvalue weighted by atomic mass is 9.83. The number of fused-ring (bicyclic) bond motifs is 2. The fourth-order valence-electron chi connectivity index (χ4n) is 4.31. The van der Waals surface area contributed by atoms with Crippen LogP contribution >= 0.6 is 0 Å². The van der Waals surface area contributed by atoms with Gasteiger partial charge in [0.15, 0.2) is 0 Å². The molecular formula is C15H25N3. The van der Waals surface area contributed by atoms with E-state index >= 15 is 0 Å². The van der Waals surface area contributed by atoms with Crippen molar-refractivity contribution in [3.05, 3.63) is 17.5 Å². The Morgan fingerprint density at radius 2 is 2.28 bits per heavy atom. The van der Waals surface area contributed by atoms with Crippen LogP contribution in [0.3, 0.4) is 0 Å². The summed E-state index contributed by atoms with van der Waals surface area (Å²) in [5, 5.41) is 7.98. The van der Waals surface area contributed by atoms with Gasteiger partial charge >= 0.3 is 0 Å². The van der Waals surface area contributed by atoms with Crippen molar-refractivity contribution in [1.82, 2.24) is 15.1 Å². The minimum Gasteiger partial charge on any atom is -0.312 e. The SMILES string of the molecule is CNC(CC1CC2CCC1C2)c1cc(C)nn1C. The second-order valence-electron chi connectivity index (χ2n) is 6.35. The standard InChI is InChI=1S/C15H25N3/c1-10-6-15(18(3)17-10)14(16-2)9-13-8-11-4-5-12(13)7-11/h6,11-14,16H,4-5,7-9H2,1-3H3. The first-order chi connectivity index (χ1) is 8.67. The molecule has 0 saturated heterocycles. The van der Waals surface area contributed by atoms with Gasteiger partial charge in [0.2, 0.25) is 0 Å². The van der Waals surface area contributed by atoms with Crippen molar-refractivity contribution in [1.29, 1.82) is 0 Å². The summed E-state index contributed by atoms with van der Waals surface area (Å²) in [6, 6.07) is 2.70. The van der Waals surface area contributed by atoms with Gasteiger partial charge in [0.05, 0.1) is 11.4 Å². The average Bonchev–Trinajstić information content (AvgIpc) is 3.01. The minimum atomic E-state index is 0.473. The molecule has 1 N–H and O–H groups in total. The van der Waals surface area contributed by atoms with Crippen LogP contribution in [-0.2, 0) is 7.05 Å². The van der Waals surface area contributed by atoms with E-state index in [0.29, 0.717) is 6.04 Å². The van der Waals surface area contributed by atoms with Crippen LogP contribution in [0.15, 0.2) is 6.07 Å². The Labute approximate surface area is 110 Å². The van der Waals surface area contributed by atoms with E-state index in [4.69, 9.17) is 0 Å². The maximum atomic E-state index is 4.48. The molecule has 4 atom stereocenters. The monoisotopic (exact) mass is 247 g/mol. The van der Waals surface area contributed by atoms with Gasteiger partial charge in [0.1, 0.15) is 0 Å². The first-order valence-electron chi connectivity index (χ1n) is 7.35. The zero-order chi connectivity index (χ0) is 12.7. The van der Waals surface area contributed by atoms with Crippen molar-refractivity contribution in [2.75, 3.05) is 7.05 Å². The molecular weight excluding hydrogens is 222 g/mol. The summed E-state index contributed by atoms with van der Waals surface area (Å²) in [5.41, 5.74) is 2.47. The lowest BCUT2D eigenvalue weighted by Crippen LogP contribution is -2.24. The van der Waals surface area contributed by atoms with Gasteiger partial charge in [-0.15, -0.1) is 0 Å². The van der Waals surface area contributed by atoms with Crippen LogP contribution in [0.5, 0.6) is 0 Å². The summed E-state index contributed by atoms with van der Waals surface area (Å²) in [6.45, 7) is 2.08. The Kier molecular flexibility index (Phi) is 3.18. The van der Waals surface area contributed by atoms with Crippen molar-refractivity contribution in [3.8, 4) is 0 Å². The third-order valence-electron chi connectivity index (χ3n) is 5.17. The summed E-state index contributed by atoms with van der Waals surface area (Å²) in [7, 11) is 4.15. The number of nitrogens with one attached hydrogen (secondary N) is 1. The number of aryl methyl sites for hydroxylation is 2. The molecule has 3 rings (SSSR count). The molecule has 2 aliphatic rings. The molecule has 1 aromatic rings. The average molecular weight is 247 g/mol. The second-order valence-corrected chi connectivity index (χ2v) is 6.35. The molecule has 100 valence electrons. The van der Waals surface area contributed by atoms with E-state index < -0.39 is 0 Å². The van der Waals surface area contributed by atoms with Crippen LogP contribution in [0.2, 0.25) is 0 Å². The molecule has 0 amide bonds. The highest BCUT2D eigenvalue weighted by molar-refractivity contribution is 5.13. The lowest BCUT2D eigenvalue weighted by Gasteiger charge is -2.26. The highest BCUT2D eigenvalue weighted by atomic mass is 15.3. The van der Waals surface area contributed by atoms with E-state index in [1.165, 1.54) is 37.8 Å². The number of aromatic nitrogens is 2. The quantitative estimate of drug-likeness (QED) is 0.886. The van der Waals surface area contributed by atoms with Gasteiger partial charge in [-0.2, -0.15) is 5.10 Å². The van der Waals surface area contributed by atoms with E-state index in [9.17, 15) is 0 Å². The summed E-state index contributed by atoms with van der Waals surface area (Å²) < 4.78 is 2.05. The fraction of sp³-hybridized carbons (Fsp3) is 0.800. The zero-order valence-electron chi connectivity index (χ0n) is 11.8. The Balaban J connectivity index is 1.71. The first kappa shape index (κ1) is 12.2. The molecule has 0 aromatic carbocycles. The second kappa shape index (κ2) is 4.69. The molecule has 1 heterocycles. The van der Waals surface area contributed by atoms with Crippen LogP contribution in [0, 0.1) is 24.7 Å². The normalized spacial score (nSPS) is 32.1. The smallest absolute Gasteiger partial charge is 0.0597 e. The van der Waals surface area contributed by atoms with E-state index in [-0.39, 0.29) is 0 Å². The van der Waals surface area contributed by atoms with Crippen molar-refractivity contribution in [3.63, 3.8) is 0 Å². The van der Waals surface area contributed by atoms with Crippen molar-refractivity contribution in [2.45, 2.75) is 45.1 Å². The summed E-state index contributed by atoms with van der Waals surface area (Å²) in [4.78, 5) is 0. The van der Waals surface area contributed by atoms with Crippen LogP contribution in [0.1, 0.15) is 49.5 Å². The van der Waals surface area contributed by atoms with Gasteiger partial charge < -0.3 is 5.32 Å². The lowest BCUT2D eigenvalue weighted by molar-refractivity contribution is 0.280. The van der Waals surface area contributed by atoms with Crippen molar-refractivity contribution >= 4 is 0 Å². The minimum absolute atomic E-state index is 0.473. The van der Waals surface area contributed by atoms with Crippen molar-refractivity contribution in [2.24, 2.45) is 24.8 Å². The molecule has 0 radical (unpaired) electrons. The summed E-state index contributed by atoms with van der Waals surface area (Å²) in [6.07, 6.45) is 7.24. The molecule has 1 aromatic heterocycles. The van der Waals surface area contributed by atoms with E-state index in [1.54, 1.807) is 0 Å². The third-order valence-corrected chi connectivity index (χ3v) is 5.17. The summed E-state index contributed by atoms with van der Waals surface area (Å²) in [5.74, 6) is 3.00. The molecule has 0 spiro atoms. The molecule has 3 nitrogen and oxygen atoms in total. The maximum absolute atomic E-state index is 4.48. The molecule has 4 unspecified atom stereocenters. The Morgan fingerprint density at radius 1 is 1.44 bits per heavy atom. The highest BCUT2D eigenvalue weighted by Gasteiger charge is 2.40. The van der Waals surface area contributed by atoms with Gasteiger partial charge in [-0.1, -0.05) is 6.42 Å². The zero-order valence-corrected chi connectivity index (χ0v) is 11.8. The molecule has 18 heavy (non-hydrogen) atoms. The van der Waals surface area contributed by atoms with Crippen LogP contribution < -0.4 is 5.32 Å². The Morgan fingerprint density at radius 3 is 2.78 bits per heavy atom. The molecule has 0 aliphatic heterocycles. The predicted molar refractivity (Wildman–Crippen MR) is 73.3 cm³/mol. The number of rotatable bonds is 4. The largest absolute Gasteiger partial charge is 0.312 e. The van der Waals surface area contributed by atoms with Gasteiger partial charge in [-0.3, -0.25) is 4.68 Å². The molecule has 2 fully saturated rings. The van der Waals surface area contributed by atoms with E-state index in [1.807, 2.05) is 4.68 Å². The van der Waals surface area contributed by atoms with Crippen LogP contribution in [0.25, 0.3) is 0 Å². The van der Waals surface area contributed by atoms with Crippen LogP contribution in [0.4, 0.5) is 0 Å². The van der Waals surface area contributed by atoms with Gasteiger partial charge in [-0.25, -0.2) is 0 Å². The third kappa shape index (κ3) is 2.09. The van der Waals surface area contributed by atoms with E-state index in [0.717, 1.165) is 23.4 Å². The predicted octanol–water partition coefficient (Wildman–Crippen LogP) is 2.82. The molecule has 3 heteroatoms. The number of hydrogen-bond donors (Lipinski definition) is 1. The van der Waals surface area contributed by atoms with Gasteiger partial charge in [-0.05, 0) is 63.5 Å². The number of hydrogen-bond acceptors (Lipinski definition) is 2. The maximum Gasteiger partial charge on any atom is 0.0597 e. The van der Waals surface area contributed by atoms with Gasteiger partial charge in [0, 0.05) is 13.1 Å². The topological polar surface area (TPSA) is 29.9 Å². The van der Waals surface area contributed by atoms with Crippen LogP contribution in [-0.4, -0.2) is 16.8 Å². The fourth-order valence-corrected chi connectivity index (χ4v) is 4.31. The first-order valence-corrected chi connectivity index (χ1v) is 7.35. The van der Waals surface area contributed by atoms with Gasteiger partial charge in [0.25, 0.3) is 0 Å². The Bertz CT molecular complexity index is 423.